The molecule has 2 heterocycles. The van der Waals surface area contributed by atoms with Crippen molar-refractivity contribution in [2.45, 2.75) is 70.1 Å². The minimum absolute atomic E-state index is 0.149. The van der Waals surface area contributed by atoms with Crippen molar-refractivity contribution in [3.05, 3.63) is 53.3 Å². The Hall–Kier alpha value is -3.16. The minimum atomic E-state index is -1.07. The van der Waals surface area contributed by atoms with Crippen LogP contribution in [0.15, 0.2) is 36.4 Å². The van der Waals surface area contributed by atoms with E-state index in [1.54, 1.807) is 14.0 Å². The molecule has 2 aliphatic rings. The van der Waals surface area contributed by atoms with E-state index in [1.165, 1.54) is 22.1 Å². The minimum Gasteiger partial charge on any atom is -0.351 e. The second-order valence-electron chi connectivity index (χ2n) is 9.12. The Balaban J connectivity index is 1.50. The highest BCUT2D eigenvalue weighted by Crippen LogP contribution is 2.27. The highest BCUT2D eigenvalue weighted by Gasteiger charge is 2.46. The molecule has 1 fully saturated rings. The molecule has 8 nitrogen and oxygen atoms in total. The van der Waals surface area contributed by atoms with Crippen LogP contribution in [0.4, 0.5) is 0 Å². The number of nitrogens with zero attached hydrogens (tertiary/aromatic N) is 3. The summed E-state index contributed by atoms with van der Waals surface area (Å²) in [4.78, 5) is 40.5. The maximum absolute atomic E-state index is 13.2. The molecule has 2 atom stereocenters. The highest BCUT2D eigenvalue weighted by atomic mass is 16.2. The van der Waals surface area contributed by atoms with Gasteiger partial charge in [-0.1, -0.05) is 49.6 Å². The Labute approximate surface area is 188 Å². The van der Waals surface area contributed by atoms with Crippen molar-refractivity contribution in [1.29, 1.82) is 0 Å². The summed E-state index contributed by atoms with van der Waals surface area (Å²) in [5, 5.41) is 10.4. The number of fused-ring (bicyclic) bond motifs is 1. The van der Waals surface area contributed by atoms with E-state index in [2.05, 4.69) is 15.7 Å². The van der Waals surface area contributed by atoms with Gasteiger partial charge in [0.15, 0.2) is 5.69 Å². The van der Waals surface area contributed by atoms with Crippen LogP contribution in [-0.2, 0) is 11.3 Å². The van der Waals surface area contributed by atoms with Gasteiger partial charge in [-0.05, 0) is 32.3 Å². The van der Waals surface area contributed by atoms with E-state index in [1.807, 2.05) is 37.3 Å². The Kier molecular flexibility index (Phi) is 6.04. The molecule has 1 aliphatic heterocycles. The van der Waals surface area contributed by atoms with E-state index < -0.39 is 5.54 Å². The largest absolute Gasteiger partial charge is 0.351 e. The van der Waals surface area contributed by atoms with Crippen LogP contribution in [-0.4, -0.2) is 51.0 Å². The van der Waals surface area contributed by atoms with Crippen LogP contribution in [0.5, 0.6) is 0 Å². The van der Waals surface area contributed by atoms with Gasteiger partial charge in [0.1, 0.15) is 11.2 Å². The lowest BCUT2D eigenvalue weighted by molar-refractivity contribution is -0.133. The van der Waals surface area contributed by atoms with Gasteiger partial charge in [0.05, 0.1) is 12.6 Å². The summed E-state index contributed by atoms with van der Waals surface area (Å²) in [7, 11) is 1.64. The molecule has 1 saturated carbocycles. The molecular weight excluding hydrogens is 406 g/mol. The zero-order valence-electron chi connectivity index (χ0n) is 18.9. The summed E-state index contributed by atoms with van der Waals surface area (Å²) in [6.45, 7) is 3.85. The Morgan fingerprint density at radius 1 is 1.16 bits per heavy atom. The lowest BCUT2D eigenvalue weighted by atomic mass is 9.92. The van der Waals surface area contributed by atoms with E-state index in [0.29, 0.717) is 5.69 Å². The van der Waals surface area contributed by atoms with E-state index in [9.17, 15) is 14.4 Å². The molecule has 0 radical (unpaired) electrons. The molecule has 1 aromatic heterocycles. The number of amides is 3. The zero-order chi connectivity index (χ0) is 22.9. The summed E-state index contributed by atoms with van der Waals surface area (Å²) < 4.78 is 1.49. The third kappa shape index (κ3) is 4.13. The number of hydrogen-bond acceptors (Lipinski definition) is 4. The first-order chi connectivity index (χ1) is 15.3. The molecule has 2 N–H and O–H groups in total. The van der Waals surface area contributed by atoms with Crippen LogP contribution in [0, 0.1) is 0 Å². The van der Waals surface area contributed by atoms with Gasteiger partial charge in [0.25, 0.3) is 11.8 Å². The molecule has 0 saturated heterocycles. The normalized spacial score (nSPS) is 22.2. The van der Waals surface area contributed by atoms with Crippen molar-refractivity contribution in [2.75, 3.05) is 7.05 Å². The molecule has 0 spiro atoms. The SMILES string of the molecule is C[C@H](NC(=O)c1cc2n(n1)C[C@](C)(C(=O)NC1CCCCC1)N(C)C2=O)c1ccccc1. The van der Waals surface area contributed by atoms with Crippen molar-refractivity contribution < 1.29 is 14.4 Å². The van der Waals surface area contributed by atoms with Crippen molar-refractivity contribution in [3.63, 3.8) is 0 Å². The predicted molar refractivity (Wildman–Crippen MR) is 120 cm³/mol. The fourth-order valence-corrected chi connectivity index (χ4v) is 4.52. The Morgan fingerprint density at radius 3 is 2.53 bits per heavy atom. The molecule has 170 valence electrons. The van der Waals surface area contributed by atoms with Gasteiger partial charge in [0, 0.05) is 19.2 Å². The van der Waals surface area contributed by atoms with Crippen molar-refractivity contribution in [1.82, 2.24) is 25.3 Å². The molecule has 0 unspecified atom stereocenters. The molecular formula is C24H31N5O3. The van der Waals surface area contributed by atoms with Gasteiger partial charge in [-0.2, -0.15) is 5.10 Å². The predicted octanol–water partition coefficient (Wildman–Crippen LogP) is 2.67. The maximum atomic E-state index is 13.2. The molecule has 2 aromatic rings. The Morgan fingerprint density at radius 2 is 1.84 bits per heavy atom. The van der Waals surface area contributed by atoms with E-state index in [0.717, 1.165) is 31.2 Å². The highest BCUT2D eigenvalue weighted by molar-refractivity contribution is 6.01. The molecule has 3 amide bonds. The zero-order valence-corrected chi connectivity index (χ0v) is 18.9. The van der Waals surface area contributed by atoms with E-state index >= 15 is 0 Å². The average molecular weight is 438 g/mol. The third-order valence-electron chi connectivity index (χ3n) is 6.81. The molecule has 0 bridgehead atoms. The van der Waals surface area contributed by atoms with Crippen molar-refractivity contribution >= 4 is 17.7 Å². The van der Waals surface area contributed by atoms with Gasteiger partial charge in [-0.15, -0.1) is 0 Å². The number of carbonyl (C=O) groups excluding carboxylic acids is 3. The van der Waals surface area contributed by atoms with Crippen LogP contribution >= 0.6 is 0 Å². The van der Waals surface area contributed by atoms with Gasteiger partial charge in [0.2, 0.25) is 5.91 Å². The number of nitrogens with one attached hydrogen (secondary N) is 2. The van der Waals surface area contributed by atoms with Crippen LogP contribution in [0.2, 0.25) is 0 Å². The van der Waals surface area contributed by atoms with Crippen molar-refractivity contribution in [3.8, 4) is 0 Å². The van der Waals surface area contributed by atoms with Crippen LogP contribution in [0.1, 0.15) is 78.5 Å². The fourth-order valence-electron chi connectivity index (χ4n) is 4.52. The van der Waals surface area contributed by atoms with Gasteiger partial charge < -0.3 is 15.5 Å². The Bertz CT molecular complexity index is 1010. The maximum Gasteiger partial charge on any atom is 0.272 e. The van der Waals surface area contributed by atoms with Gasteiger partial charge in [-0.3, -0.25) is 19.1 Å². The van der Waals surface area contributed by atoms with E-state index in [4.69, 9.17) is 0 Å². The molecule has 32 heavy (non-hydrogen) atoms. The number of rotatable bonds is 5. The summed E-state index contributed by atoms with van der Waals surface area (Å²) >= 11 is 0. The lowest BCUT2D eigenvalue weighted by Gasteiger charge is -2.41. The van der Waals surface area contributed by atoms with E-state index in [-0.39, 0.29) is 42.0 Å². The first kappa shape index (κ1) is 22.0. The summed E-state index contributed by atoms with van der Waals surface area (Å²) in [6, 6.07) is 11.1. The van der Waals surface area contributed by atoms with Crippen LogP contribution in [0.25, 0.3) is 0 Å². The summed E-state index contributed by atoms with van der Waals surface area (Å²) in [6.07, 6.45) is 5.36. The molecule has 8 heteroatoms. The average Bonchev–Trinajstić information content (AvgIpc) is 3.23. The summed E-state index contributed by atoms with van der Waals surface area (Å²) in [5.74, 6) is -0.850. The second-order valence-corrected chi connectivity index (χ2v) is 9.12. The topological polar surface area (TPSA) is 96.3 Å². The third-order valence-corrected chi connectivity index (χ3v) is 6.81. The molecule has 1 aromatic carbocycles. The monoisotopic (exact) mass is 437 g/mol. The van der Waals surface area contributed by atoms with Crippen LogP contribution in [0.3, 0.4) is 0 Å². The molecule has 1 aliphatic carbocycles. The quantitative estimate of drug-likeness (QED) is 0.752. The van der Waals surface area contributed by atoms with Crippen LogP contribution < -0.4 is 10.6 Å². The number of aromatic nitrogens is 2. The fraction of sp³-hybridized carbons (Fsp3) is 0.500. The number of hydrogen-bond donors (Lipinski definition) is 2. The molecule has 4 rings (SSSR count). The number of likely N-dealkylation sites (N-methyl/N-ethyl adjacent to an activating group) is 1. The first-order valence-corrected chi connectivity index (χ1v) is 11.3. The standard InChI is InChI=1S/C24H31N5O3/c1-16(17-10-6-4-7-11-17)25-21(30)19-14-20-22(31)28(3)24(2,15-29(20)27-19)23(32)26-18-12-8-5-9-13-18/h4,6-7,10-11,14,16,18H,5,8-9,12-13,15H2,1-3H3,(H,25,30)(H,26,32)/t16-,24+/m0/s1. The van der Waals surface area contributed by atoms with Gasteiger partial charge >= 0.3 is 0 Å². The lowest BCUT2D eigenvalue weighted by Crippen LogP contribution is -2.63. The smallest absolute Gasteiger partial charge is 0.272 e. The summed E-state index contributed by atoms with van der Waals surface area (Å²) in [5.41, 5.74) is 0.389. The second kappa shape index (κ2) is 8.76. The number of carbonyl (C=O) groups is 3. The number of benzene rings is 1. The van der Waals surface area contributed by atoms with Crippen molar-refractivity contribution in [2.24, 2.45) is 0 Å². The van der Waals surface area contributed by atoms with Gasteiger partial charge in [-0.25, -0.2) is 0 Å². The first-order valence-electron chi connectivity index (χ1n) is 11.3.